The van der Waals surface area contributed by atoms with Gasteiger partial charge in [0.1, 0.15) is 13.2 Å². The van der Waals surface area contributed by atoms with E-state index in [4.69, 9.17) is 9.47 Å². The van der Waals surface area contributed by atoms with Crippen LogP contribution >= 0.6 is 0 Å². The van der Waals surface area contributed by atoms with Crippen molar-refractivity contribution in [2.45, 2.75) is 12.6 Å². The number of piperazine rings is 1. The van der Waals surface area contributed by atoms with E-state index in [0.29, 0.717) is 24.7 Å². The summed E-state index contributed by atoms with van der Waals surface area (Å²) < 4.78 is 11.4. The molecule has 1 unspecified atom stereocenters. The minimum absolute atomic E-state index is 0.00678. The van der Waals surface area contributed by atoms with Crippen molar-refractivity contribution in [2.75, 3.05) is 44.4 Å². The lowest BCUT2D eigenvalue weighted by atomic mass is 10.1. The van der Waals surface area contributed by atoms with Gasteiger partial charge in [0, 0.05) is 19.6 Å². The SMILES string of the molecule is OCc1cc2c(c(N3CCNCC3CO)c1)OCCO2. The summed E-state index contributed by atoms with van der Waals surface area (Å²) in [4.78, 5) is 2.13. The molecule has 2 aliphatic rings. The summed E-state index contributed by atoms with van der Waals surface area (Å²) in [5.74, 6) is 1.39. The molecule has 0 aromatic heterocycles. The molecule has 0 aliphatic carbocycles. The Labute approximate surface area is 117 Å². The van der Waals surface area contributed by atoms with Gasteiger partial charge in [0.15, 0.2) is 11.5 Å². The zero-order valence-corrected chi connectivity index (χ0v) is 11.3. The molecule has 3 rings (SSSR count). The van der Waals surface area contributed by atoms with Crippen molar-refractivity contribution in [3.05, 3.63) is 17.7 Å². The van der Waals surface area contributed by atoms with Crippen LogP contribution in [0, 0.1) is 0 Å². The van der Waals surface area contributed by atoms with Gasteiger partial charge in [-0.1, -0.05) is 0 Å². The number of benzene rings is 1. The molecule has 0 saturated carbocycles. The lowest BCUT2D eigenvalue weighted by Crippen LogP contribution is -2.53. The first-order valence-corrected chi connectivity index (χ1v) is 6.95. The number of aliphatic hydroxyl groups is 2. The molecule has 3 N–H and O–H groups in total. The Morgan fingerprint density at radius 2 is 2.10 bits per heavy atom. The Hall–Kier alpha value is -1.50. The van der Waals surface area contributed by atoms with Gasteiger partial charge < -0.3 is 29.9 Å². The van der Waals surface area contributed by atoms with Gasteiger partial charge in [-0.3, -0.25) is 0 Å². The fraction of sp³-hybridized carbons (Fsp3) is 0.571. The van der Waals surface area contributed by atoms with Gasteiger partial charge >= 0.3 is 0 Å². The summed E-state index contributed by atoms with van der Waals surface area (Å²) in [6.07, 6.45) is 0. The number of anilines is 1. The summed E-state index contributed by atoms with van der Waals surface area (Å²) in [6, 6.07) is 3.74. The first kappa shape index (κ1) is 13.5. The predicted molar refractivity (Wildman–Crippen MR) is 74.4 cm³/mol. The standard InChI is InChI=1S/C14H20N2O4/c17-8-10-5-12(14-13(6-10)19-3-4-20-14)16-2-1-15-7-11(16)9-18/h5-6,11,15,17-18H,1-4,7-9H2. The molecule has 110 valence electrons. The average Bonchev–Trinajstić information content (AvgIpc) is 2.53. The van der Waals surface area contributed by atoms with E-state index in [-0.39, 0.29) is 19.3 Å². The molecule has 0 amide bonds. The maximum atomic E-state index is 9.55. The molecule has 1 fully saturated rings. The molecule has 20 heavy (non-hydrogen) atoms. The second-order valence-corrected chi connectivity index (χ2v) is 5.03. The van der Waals surface area contributed by atoms with Crippen LogP contribution in [0.3, 0.4) is 0 Å². The first-order chi connectivity index (χ1) is 9.83. The Morgan fingerprint density at radius 3 is 2.90 bits per heavy atom. The number of hydrogen-bond donors (Lipinski definition) is 3. The van der Waals surface area contributed by atoms with E-state index in [2.05, 4.69) is 10.2 Å². The van der Waals surface area contributed by atoms with Crippen LogP contribution in [-0.4, -0.2) is 55.7 Å². The Morgan fingerprint density at radius 1 is 1.25 bits per heavy atom. The zero-order chi connectivity index (χ0) is 13.9. The van der Waals surface area contributed by atoms with Gasteiger partial charge in [-0.15, -0.1) is 0 Å². The fourth-order valence-corrected chi connectivity index (χ4v) is 2.74. The van der Waals surface area contributed by atoms with E-state index in [9.17, 15) is 10.2 Å². The highest BCUT2D eigenvalue weighted by molar-refractivity contribution is 5.67. The van der Waals surface area contributed by atoms with Crippen molar-refractivity contribution in [3.8, 4) is 11.5 Å². The van der Waals surface area contributed by atoms with Crippen molar-refractivity contribution in [2.24, 2.45) is 0 Å². The van der Waals surface area contributed by atoms with E-state index in [1.807, 2.05) is 12.1 Å². The third-order valence-corrected chi connectivity index (χ3v) is 3.74. The molecule has 6 nitrogen and oxygen atoms in total. The minimum atomic E-state index is -0.0421. The minimum Gasteiger partial charge on any atom is -0.486 e. The lowest BCUT2D eigenvalue weighted by molar-refractivity contribution is 0.170. The van der Waals surface area contributed by atoms with Gasteiger partial charge in [-0.2, -0.15) is 0 Å². The van der Waals surface area contributed by atoms with Gasteiger partial charge in [0.2, 0.25) is 0 Å². The molecule has 6 heteroatoms. The molecular weight excluding hydrogens is 260 g/mol. The van der Waals surface area contributed by atoms with Crippen molar-refractivity contribution in [1.82, 2.24) is 5.32 Å². The first-order valence-electron chi connectivity index (χ1n) is 6.95. The summed E-state index contributed by atoms with van der Waals surface area (Å²) >= 11 is 0. The number of hydrogen-bond acceptors (Lipinski definition) is 6. The van der Waals surface area contributed by atoms with Crippen LogP contribution < -0.4 is 19.7 Å². The van der Waals surface area contributed by atoms with E-state index in [1.54, 1.807) is 0 Å². The average molecular weight is 280 g/mol. The van der Waals surface area contributed by atoms with Crippen molar-refractivity contribution in [3.63, 3.8) is 0 Å². The number of rotatable bonds is 3. The largest absolute Gasteiger partial charge is 0.486 e. The molecular formula is C14H20N2O4. The summed E-state index contributed by atoms with van der Waals surface area (Å²) in [5, 5.41) is 22.2. The predicted octanol–water partition coefficient (Wildman–Crippen LogP) is -0.279. The molecule has 2 heterocycles. The number of fused-ring (bicyclic) bond motifs is 1. The topological polar surface area (TPSA) is 74.2 Å². The Bertz CT molecular complexity index is 480. The zero-order valence-electron chi connectivity index (χ0n) is 11.3. The molecule has 0 bridgehead atoms. The van der Waals surface area contributed by atoms with E-state index in [1.165, 1.54) is 0 Å². The molecule has 1 aromatic carbocycles. The molecule has 1 aromatic rings. The highest BCUT2D eigenvalue weighted by Crippen LogP contribution is 2.41. The van der Waals surface area contributed by atoms with Crippen molar-refractivity contribution < 1.29 is 19.7 Å². The molecule has 1 saturated heterocycles. The molecule has 1 atom stereocenters. The number of nitrogens with zero attached hydrogens (tertiary/aromatic N) is 1. The quantitative estimate of drug-likeness (QED) is 0.707. The van der Waals surface area contributed by atoms with Crippen LogP contribution in [-0.2, 0) is 6.61 Å². The van der Waals surface area contributed by atoms with Gasteiger partial charge in [-0.25, -0.2) is 0 Å². The Kier molecular flexibility index (Phi) is 3.95. The second kappa shape index (κ2) is 5.87. The normalized spacial score (nSPS) is 21.9. The van der Waals surface area contributed by atoms with Crippen molar-refractivity contribution >= 4 is 5.69 Å². The van der Waals surface area contributed by atoms with Gasteiger partial charge in [0.25, 0.3) is 0 Å². The van der Waals surface area contributed by atoms with E-state index < -0.39 is 0 Å². The second-order valence-electron chi connectivity index (χ2n) is 5.03. The number of nitrogens with one attached hydrogen (secondary N) is 1. The third kappa shape index (κ3) is 2.42. The highest BCUT2D eigenvalue weighted by atomic mass is 16.6. The molecule has 0 radical (unpaired) electrons. The molecule has 0 spiro atoms. The van der Waals surface area contributed by atoms with Crippen LogP contribution in [0.4, 0.5) is 5.69 Å². The lowest BCUT2D eigenvalue weighted by Gasteiger charge is -2.38. The number of aliphatic hydroxyl groups excluding tert-OH is 2. The number of ether oxygens (including phenoxy) is 2. The van der Waals surface area contributed by atoms with Crippen LogP contribution in [0.1, 0.15) is 5.56 Å². The Balaban J connectivity index is 2.01. The smallest absolute Gasteiger partial charge is 0.184 e. The molecule has 2 aliphatic heterocycles. The highest BCUT2D eigenvalue weighted by Gasteiger charge is 2.27. The monoisotopic (exact) mass is 280 g/mol. The van der Waals surface area contributed by atoms with E-state index >= 15 is 0 Å². The fourth-order valence-electron chi connectivity index (χ4n) is 2.74. The van der Waals surface area contributed by atoms with Gasteiger partial charge in [0.05, 0.1) is 24.9 Å². The summed E-state index contributed by atoms with van der Waals surface area (Å²) in [5.41, 5.74) is 1.69. The third-order valence-electron chi connectivity index (χ3n) is 3.74. The van der Waals surface area contributed by atoms with E-state index in [0.717, 1.165) is 30.9 Å². The van der Waals surface area contributed by atoms with Gasteiger partial charge in [-0.05, 0) is 17.7 Å². The van der Waals surface area contributed by atoms with Crippen LogP contribution in [0.15, 0.2) is 12.1 Å². The summed E-state index contributed by atoms with van der Waals surface area (Å²) in [6.45, 7) is 3.45. The van der Waals surface area contributed by atoms with Crippen molar-refractivity contribution in [1.29, 1.82) is 0 Å². The maximum absolute atomic E-state index is 9.55. The van der Waals surface area contributed by atoms with Crippen LogP contribution in [0.5, 0.6) is 11.5 Å². The van der Waals surface area contributed by atoms with Crippen LogP contribution in [0.25, 0.3) is 0 Å². The van der Waals surface area contributed by atoms with Crippen LogP contribution in [0.2, 0.25) is 0 Å². The maximum Gasteiger partial charge on any atom is 0.184 e. The summed E-state index contributed by atoms with van der Waals surface area (Å²) in [7, 11) is 0.